The van der Waals surface area contributed by atoms with Crippen LogP contribution in [-0.4, -0.2) is 45.0 Å². The molecule has 0 atom stereocenters. The van der Waals surface area contributed by atoms with Crippen molar-refractivity contribution >= 4 is 33.7 Å². The van der Waals surface area contributed by atoms with Gasteiger partial charge in [0.1, 0.15) is 11.5 Å². The first-order valence-electron chi connectivity index (χ1n) is 7.87. The topological polar surface area (TPSA) is 106 Å². The summed E-state index contributed by atoms with van der Waals surface area (Å²) in [4.78, 5) is 23.8. The highest BCUT2D eigenvalue weighted by molar-refractivity contribution is 7.88. The van der Waals surface area contributed by atoms with Crippen LogP contribution in [0.5, 0.6) is 0 Å². The van der Waals surface area contributed by atoms with Gasteiger partial charge in [0.25, 0.3) is 0 Å². The Morgan fingerprint density at radius 1 is 1.22 bits per heavy atom. The second-order valence-corrected chi connectivity index (χ2v) is 7.77. The van der Waals surface area contributed by atoms with E-state index in [9.17, 15) is 18.0 Å². The first kappa shape index (κ1) is 20.4. The molecular weight excluding hydrogens is 372 g/mol. The van der Waals surface area contributed by atoms with E-state index in [0.717, 1.165) is 10.6 Å². The molecule has 27 heavy (non-hydrogen) atoms. The van der Waals surface area contributed by atoms with E-state index < -0.39 is 21.9 Å². The number of amides is 1. The SMILES string of the molecule is COC(=O)c1ccccc1NC(=O)/C=C/c1ccc(CN(C)S(C)(=O)=O)o1. The molecule has 0 saturated carbocycles. The average Bonchev–Trinajstić information content (AvgIpc) is 3.06. The van der Waals surface area contributed by atoms with Gasteiger partial charge in [0, 0.05) is 13.1 Å². The molecule has 9 heteroatoms. The molecule has 1 heterocycles. The molecule has 0 aliphatic rings. The summed E-state index contributed by atoms with van der Waals surface area (Å²) in [5.41, 5.74) is 0.569. The quantitative estimate of drug-likeness (QED) is 0.571. The van der Waals surface area contributed by atoms with Crippen molar-refractivity contribution in [3.63, 3.8) is 0 Å². The van der Waals surface area contributed by atoms with Crippen LogP contribution >= 0.6 is 0 Å². The van der Waals surface area contributed by atoms with Gasteiger partial charge in [0.15, 0.2) is 0 Å². The largest absolute Gasteiger partial charge is 0.465 e. The molecule has 1 aromatic carbocycles. The summed E-state index contributed by atoms with van der Waals surface area (Å²) in [6.07, 6.45) is 3.80. The lowest BCUT2D eigenvalue weighted by molar-refractivity contribution is -0.111. The number of methoxy groups -OCH3 is 1. The maximum atomic E-state index is 12.1. The highest BCUT2D eigenvalue weighted by Gasteiger charge is 2.14. The third kappa shape index (κ3) is 5.80. The van der Waals surface area contributed by atoms with Crippen molar-refractivity contribution in [2.75, 3.05) is 25.7 Å². The monoisotopic (exact) mass is 392 g/mol. The Kier molecular flexibility index (Phi) is 6.54. The summed E-state index contributed by atoms with van der Waals surface area (Å²) >= 11 is 0. The summed E-state index contributed by atoms with van der Waals surface area (Å²) in [6.45, 7) is 0.0887. The predicted molar refractivity (Wildman–Crippen MR) is 100 cm³/mol. The van der Waals surface area contributed by atoms with Crippen LogP contribution in [0.15, 0.2) is 46.9 Å². The van der Waals surface area contributed by atoms with Crippen LogP contribution in [0.3, 0.4) is 0 Å². The minimum Gasteiger partial charge on any atom is -0.465 e. The van der Waals surface area contributed by atoms with Crippen LogP contribution in [-0.2, 0) is 26.1 Å². The van der Waals surface area contributed by atoms with E-state index in [-0.39, 0.29) is 12.1 Å². The van der Waals surface area contributed by atoms with Gasteiger partial charge in [-0.05, 0) is 30.3 Å². The number of ether oxygens (including phenoxy) is 1. The molecule has 0 aliphatic carbocycles. The number of anilines is 1. The number of para-hydroxylation sites is 1. The van der Waals surface area contributed by atoms with Crippen molar-refractivity contribution in [1.82, 2.24) is 4.31 Å². The number of benzene rings is 1. The Morgan fingerprint density at radius 2 is 1.93 bits per heavy atom. The first-order chi connectivity index (χ1) is 12.7. The highest BCUT2D eigenvalue weighted by Crippen LogP contribution is 2.17. The smallest absolute Gasteiger partial charge is 0.339 e. The average molecular weight is 392 g/mol. The van der Waals surface area contributed by atoms with Crippen molar-refractivity contribution in [1.29, 1.82) is 0 Å². The van der Waals surface area contributed by atoms with Crippen molar-refractivity contribution in [2.24, 2.45) is 0 Å². The highest BCUT2D eigenvalue weighted by atomic mass is 32.2. The maximum Gasteiger partial charge on any atom is 0.339 e. The minimum absolute atomic E-state index is 0.0887. The van der Waals surface area contributed by atoms with Crippen LogP contribution in [0.1, 0.15) is 21.9 Å². The zero-order chi connectivity index (χ0) is 20.0. The van der Waals surface area contributed by atoms with E-state index in [1.54, 1.807) is 36.4 Å². The molecule has 1 aromatic heterocycles. The fraction of sp³-hybridized carbons (Fsp3) is 0.222. The van der Waals surface area contributed by atoms with Crippen molar-refractivity contribution in [2.45, 2.75) is 6.54 Å². The van der Waals surface area contributed by atoms with E-state index in [1.165, 1.54) is 26.3 Å². The lowest BCUT2D eigenvalue weighted by Crippen LogP contribution is -2.24. The molecule has 0 unspecified atom stereocenters. The van der Waals surface area contributed by atoms with E-state index in [4.69, 9.17) is 4.42 Å². The van der Waals surface area contributed by atoms with Crippen LogP contribution in [0.4, 0.5) is 5.69 Å². The van der Waals surface area contributed by atoms with E-state index >= 15 is 0 Å². The molecular formula is C18H20N2O6S. The lowest BCUT2D eigenvalue weighted by Gasteiger charge is -2.11. The Bertz CT molecular complexity index is 962. The maximum absolute atomic E-state index is 12.1. The fourth-order valence-corrected chi connectivity index (χ4v) is 2.48. The van der Waals surface area contributed by atoms with Gasteiger partial charge in [-0.3, -0.25) is 4.79 Å². The molecule has 144 valence electrons. The Hall–Kier alpha value is -2.91. The molecule has 0 bridgehead atoms. The molecule has 2 aromatic rings. The molecule has 0 aliphatic heterocycles. The number of carbonyl (C=O) groups excluding carboxylic acids is 2. The Morgan fingerprint density at radius 3 is 2.59 bits per heavy atom. The van der Waals surface area contributed by atoms with Gasteiger partial charge >= 0.3 is 5.97 Å². The number of nitrogens with one attached hydrogen (secondary N) is 1. The second-order valence-electron chi connectivity index (χ2n) is 5.68. The van der Waals surface area contributed by atoms with Crippen LogP contribution in [0.25, 0.3) is 6.08 Å². The normalized spacial score (nSPS) is 11.7. The number of carbonyl (C=O) groups is 2. The number of nitrogens with zero attached hydrogens (tertiary/aromatic N) is 1. The standard InChI is InChI=1S/C18H20N2O6S/c1-20(27(3,23)24)12-14-9-8-13(26-14)10-11-17(21)19-16-7-5-4-6-15(16)18(22)25-2/h4-11H,12H2,1-3H3,(H,19,21)/b11-10+. The molecule has 0 fully saturated rings. The zero-order valence-corrected chi connectivity index (χ0v) is 15.9. The molecule has 1 amide bonds. The fourth-order valence-electron chi connectivity index (χ4n) is 2.12. The minimum atomic E-state index is -3.31. The van der Waals surface area contributed by atoms with Gasteiger partial charge in [-0.15, -0.1) is 0 Å². The molecule has 0 radical (unpaired) electrons. The molecule has 1 N–H and O–H groups in total. The molecule has 0 spiro atoms. The van der Waals surface area contributed by atoms with Gasteiger partial charge in [-0.1, -0.05) is 12.1 Å². The summed E-state index contributed by atoms with van der Waals surface area (Å²) in [7, 11) is -0.608. The summed E-state index contributed by atoms with van der Waals surface area (Å²) in [5, 5.41) is 2.60. The van der Waals surface area contributed by atoms with E-state index in [0.29, 0.717) is 17.2 Å². The van der Waals surface area contributed by atoms with Gasteiger partial charge in [0.05, 0.1) is 31.2 Å². The van der Waals surface area contributed by atoms with E-state index in [1.807, 2.05) is 0 Å². The number of sulfonamides is 1. The third-order valence-corrected chi connectivity index (χ3v) is 4.88. The first-order valence-corrected chi connectivity index (χ1v) is 9.72. The van der Waals surface area contributed by atoms with Gasteiger partial charge in [-0.2, -0.15) is 4.31 Å². The molecule has 8 nitrogen and oxygen atoms in total. The summed E-state index contributed by atoms with van der Waals surface area (Å²) < 4.78 is 34.1. The lowest BCUT2D eigenvalue weighted by atomic mass is 10.2. The van der Waals surface area contributed by atoms with Gasteiger partial charge < -0.3 is 14.5 Å². The van der Waals surface area contributed by atoms with Crippen LogP contribution in [0.2, 0.25) is 0 Å². The summed E-state index contributed by atoms with van der Waals surface area (Å²) in [5.74, 6) is -0.180. The van der Waals surface area contributed by atoms with Gasteiger partial charge in [-0.25, -0.2) is 13.2 Å². The Balaban J connectivity index is 2.03. The van der Waals surface area contributed by atoms with Crippen LogP contribution < -0.4 is 5.32 Å². The number of hydrogen-bond acceptors (Lipinski definition) is 6. The van der Waals surface area contributed by atoms with Crippen molar-refractivity contribution in [3.8, 4) is 0 Å². The number of esters is 1. The van der Waals surface area contributed by atoms with Crippen molar-refractivity contribution in [3.05, 3.63) is 59.6 Å². The third-order valence-electron chi connectivity index (χ3n) is 3.62. The van der Waals surface area contributed by atoms with Gasteiger partial charge in [0.2, 0.25) is 15.9 Å². The van der Waals surface area contributed by atoms with E-state index in [2.05, 4.69) is 10.1 Å². The summed E-state index contributed by atoms with van der Waals surface area (Å²) in [6, 6.07) is 9.73. The molecule has 2 rings (SSSR count). The number of furan rings is 1. The second kappa shape index (κ2) is 8.65. The number of hydrogen-bond donors (Lipinski definition) is 1. The predicted octanol–water partition coefficient (Wildman–Crippen LogP) is 2.11. The number of rotatable bonds is 7. The Labute approximate surface area is 157 Å². The van der Waals surface area contributed by atoms with Crippen molar-refractivity contribution < 1.29 is 27.2 Å². The molecule has 0 saturated heterocycles. The van der Waals surface area contributed by atoms with Crippen LogP contribution in [0, 0.1) is 0 Å². The zero-order valence-electron chi connectivity index (χ0n) is 15.1.